The molecule has 0 bridgehead atoms. The Hall–Kier alpha value is -1.56. The van der Waals surface area contributed by atoms with Crippen LogP contribution in [0.15, 0.2) is 18.2 Å². The van der Waals surface area contributed by atoms with E-state index in [0.29, 0.717) is 36.0 Å². The molecule has 0 fully saturated rings. The molecule has 0 N–H and O–H groups in total. The predicted molar refractivity (Wildman–Crippen MR) is 116 cm³/mol. The summed E-state index contributed by atoms with van der Waals surface area (Å²) < 4.78 is 1.87. The molecule has 2 rings (SSSR count). The number of nitrogens with zero attached hydrogens (tertiary/aromatic N) is 4. The monoisotopic (exact) mass is 424 g/mol. The smallest absolute Gasteiger partial charge is 0.223 e. The predicted octanol–water partition coefficient (Wildman–Crippen LogP) is 4.26. The lowest BCUT2D eigenvalue weighted by molar-refractivity contribution is -0.131. The first kappa shape index (κ1) is 22.7. The van der Waals surface area contributed by atoms with Crippen molar-refractivity contribution in [3.63, 3.8) is 0 Å². The lowest BCUT2D eigenvalue weighted by Crippen LogP contribution is -2.33. The van der Waals surface area contributed by atoms with Gasteiger partial charge in [0.15, 0.2) is 0 Å². The van der Waals surface area contributed by atoms with E-state index in [4.69, 9.17) is 23.2 Å². The second kappa shape index (κ2) is 10.3. The van der Waals surface area contributed by atoms with Gasteiger partial charge in [-0.25, -0.2) is 0 Å². The van der Waals surface area contributed by atoms with Crippen LogP contribution in [0.4, 0.5) is 0 Å². The van der Waals surface area contributed by atoms with Crippen molar-refractivity contribution in [3.05, 3.63) is 50.8 Å². The maximum atomic E-state index is 13.0. The summed E-state index contributed by atoms with van der Waals surface area (Å²) >= 11 is 12.2. The van der Waals surface area contributed by atoms with E-state index in [1.165, 1.54) is 5.56 Å². The number of amides is 1. The van der Waals surface area contributed by atoms with Crippen LogP contribution in [0.25, 0.3) is 0 Å². The van der Waals surface area contributed by atoms with Crippen molar-refractivity contribution in [2.75, 3.05) is 27.2 Å². The fourth-order valence-corrected chi connectivity index (χ4v) is 3.62. The van der Waals surface area contributed by atoms with E-state index in [1.54, 1.807) is 6.07 Å². The summed E-state index contributed by atoms with van der Waals surface area (Å²) in [6.07, 6.45) is 2.09. The van der Waals surface area contributed by atoms with Crippen molar-refractivity contribution in [2.24, 2.45) is 7.05 Å². The van der Waals surface area contributed by atoms with E-state index < -0.39 is 0 Å². The number of carbonyl (C=O) groups is 1. The van der Waals surface area contributed by atoms with Gasteiger partial charge in [0.05, 0.1) is 15.7 Å². The maximum Gasteiger partial charge on any atom is 0.223 e. The molecule has 1 amide bonds. The van der Waals surface area contributed by atoms with Crippen molar-refractivity contribution in [2.45, 2.75) is 39.7 Å². The molecule has 2 aromatic rings. The summed E-state index contributed by atoms with van der Waals surface area (Å²) in [5.74, 6) is 0.146. The fraction of sp³-hybridized carbons (Fsp3) is 0.524. The standard InChI is InChI=1S/C21H30Cl2N4O/c1-15-18(16(2)26(5)24-15)8-10-21(28)27(12-6-11-25(3)4)14-17-7-9-19(22)20(23)13-17/h7,9,13H,6,8,10-12,14H2,1-5H3. The molecule has 1 aromatic carbocycles. The Bertz CT molecular complexity index is 817. The van der Waals surface area contributed by atoms with Gasteiger partial charge in [-0.2, -0.15) is 5.10 Å². The Morgan fingerprint density at radius 1 is 1.14 bits per heavy atom. The van der Waals surface area contributed by atoms with Crippen LogP contribution in [0, 0.1) is 13.8 Å². The van der Waals surface area contributed by atoms with Gasteiger partial charge in [0.1, 0.15) is 0 Å². The van der Waals surface area contributed by atoms with Crippen LogP contribution in [-0.2, 0) is 24.8 Å². The van der Waals surface area contributed by atoms with Crippen molar-refractivity contribution < 1.29 is 4.79 Å². The van der Waals surface area contributed by atoms with Gasteiger partial charge in [-0.15, -0.1) is 0 Å². The third-order valence-corrected chi connectivity index (χ3v) is 5.73. The number of benzene rings is 1. The summed E-state index contributed by atoms with van der Waals surface area (Å²) in [4.78, 5) is 17.1. The van der Waals surface area contributed by atoms with Gasteiger partial charge in [-0.05, 0) is 70.6 Å². The molecule has 0 aliphatic heterocycles. The number of aromatic nitrogens is 2. The Labute approximate surface area is 178 Å². The lowest BCUT2D eigenvalue weighted by Gasteiger charge is -2.24. The molecule has 0 unspecified atom stereocenters. The summed E-state index contributed by atoms with van der Waals surface area (Å²) in [6.45, 7) is 6.23. The largest absolute Gasteiger partial charge is 0.338 e. The number of carbonyl (C=O) groups excluding carboxylic acids is 1. The van der Waals surface area contributed by atoms with Crippen LogP contribution >= 0.6 is 23.2 Å². The van der Waals surface area contributed by atoms with Gasteiger partial charge in [-0.3, -0.25) is 9.48 Å². The highest BCUT2D eigenvalue weighted by atomic mass is 35.5. The number of hydrogen-bond acceptors (Lipinski definition) is 3. The molecule has 154 valence electrons. The molecule has 1 aromatic heterocycles. The molecular weight excluding hydrogens is 395 g/mol. The number of aryl methyl sites for hydroxylation is 2. The van der Waals surface area contributed by atoms with Crippen LogP contribution in [0.2, 0.25) is 10.0 Å². The molecule has 0 aliphatic carbocycles. The molecule has 0 atom stereocenters. The summed E-state index contributed by atoms with van der Waals surface area (Å²) in [6, 6.07) is 5.55. The average Bonchev–Trinajstić information content (AvgIpc) is 2.87. The second-order valence-electron chi connectivity index (χ2n) is 7.49. The third kappa shape index (κ3) is 6.23. The summed E-state index contributed by atoms with van der Waals surface area (Å²) in [7, 11) is 6.02. The summed E-state index contributed by atoms with van der Waals surface area (Å²) in [5.41, 5.74) is 4.27. The molecular formula is C21H30Cl2N4O. The quantitative estimate of drug-likeness (QED) is 0.603. The van der Waals surface area contributed by atoms with Gasteiger partial charge < -0.3 is 9.80 Å². The van der Waals surface area contributed by atoms with Crippen molar-refractivity contribution in [3.8, 4) is 0 Å². The van der Waals surface area contributed by atoms with Crippen LogP contribution < -0.4 is 0 Å². The topological polar surface area (TPSA) is 41.4 Å². The van der Waals surface area contributed by atoms with E-state index in [9.17, 15) is 4.79 Å². The van der Waals surface area contributed by atoms with Gasteiger partial charge in [0.25, 0.3) is 0 Å². The van der Waals surface area contributed by atoms with E-state index in [2.05, 4.69) is 10.00 Å². The molecule has 28 heavy (non-hydrogen) atoms. The van der Waals surface area contributed by atoms with Crippen LogP contribution in [0.1, 0.15) is 35.4 Å². The highest BCUT2D eigenvalue weighted by Gasteiger charge is 2.17. The lowest BCUT2D eigenvalue weighted by atomic mass is 10.1. The minimum absolute atomic E-state index is 0.146. The second-order valence-corrected chi connectivity index (χ2v) is 8.31. The Kier molecular flexibility index (Phi) is 8.35. The third-order valence-electron chi connectivity index (χ3n) is 4.99. The van der Waals surface area contributed by atoms with Gasteiger partial charge in [0, 0.05) is 32.3 Å². The zero-order chi connectivity index (χ0) is 20.8. The van der Waals surface area contributed by atoms with Crippen molar-refractivity contribution >= 4 is 29.1 Å². The van der Waals surface area contributed by atoms with Crippen LogP contribution in [0.5, 0.6) is 0 Å². The molecule has 0 saturated heterocycles. The molecule has 5 nitrogen and oxygen atoms in total. The molecule has 0 aliphatic rings. The maximum absolute atomic E-state index is 13.0. The first-order valence-electron chi connectivity index (χ1n) is 9.54. The normalized spacial score (nSPS) is 11.3. The number of rotatable bonds is 9. The van der Waals surface area contributed by atoms with Crippen LogP contribution in [-0.4, -0.2) is 52.7 Å². The Balaban J connectivity index is 2.07. The van der Waals surface area contributed by atoms with E-state index in [0.717, 1.165) is 29.9 Å². The zero-order valence-electron chi connectivity index (χ0n) is 17.4. The first-order chi connectivity index (χ1) is 13.2. The first-order valence-corrected chi connectivity index (χ1v) is 10.3. The van der Waals surface area contributed by atoms with E-state index in [1.807, 2.05) is 56.7 Å². The Morgan fingerprint density at radius 2 is 1.86 bits per heavy atom. The number of hydrogen-bond donors (Lipinski definition) is 0. The molecule has 7 heteroatoms. The van der Waals surface area contributed by atoms with Crippen molar-refractivity contribution in [1.29, 1.82) is 0 Å². The minimum Gasteiger partial charge on any atom is -0.338 e. The average molecular weight is 425 g/mol. The molecule has 0 spiro atoms. The van der Waals surface area contributed by atoms with Crippen molar-refractivity contribution in [1.82, 2.24) is 19.6 Å². The molecule has 1 heterocycles. The van der Waals surface area contributed by atoms with Gasteiger partial charge >= 0.3 is 0 Å². The SMILES string of the molecule is Cc1nn(C)c(C)c1CCC(=O)N(CCCN(C)C)Cc1ccc(Cl)c(Cl)c1. The molecule has 0 radical (unpaired) electrons. The minimum atomic E-state index is 0.146. The number of halogens is 2. The summed E-state index contributed by atoms with van der Waals surface area (Å²) in [5, 5.41) is 5.49. The van der Waals surface area contributed by atoms with Crippen LogP contribution in [0.3, 0.4) is 0 Å². The van der Waals surface area contributed by atoms with E-state index >= 15 is 0 Å². The highest BCUT2D eigenvalue weighted by molar-refractivity contribution is 6.42. The van der Waals surface area contributed by atoms with Gasteiger partial charge in [0.2, 0.25) is 5.91 Å². The zero-order valence-corrected chi connectivity index (χ0v) is 18.9. The molecule has 0 saturated carbocycles. The van der Waals surface area contributed by atoms with Gasteiger partial charge in [-0.1, -0.05) is 29.3 Å². The Morgan fingerprint density at radius 3 is 2.43 bits per heavy atom. The highest BCUT2D eigenvalue weighted by Crippen LogP contribution is 2.23. The fourth-order valence-electron chi connectivity index (χ4n) is 3.30. The van der Waals surface area contributed by atoms with E-state index in [-0.39, 0.29) is 5.91 Å².